The third kappa shape index (κ3) is 4.08. The second-order valence-electron chi connectivity index (χ2n) is 4.61. The van der Waals surface area contributed by atoms with Gasteiger partial charge in [0.05, 0.1) is 7.05 Å². The highest BCUT2D eigenvalue weighted by Gasteiger charge is 2.16. The Kier molecular flexibility index (Phi) is 5.19. The summed E-state index contributed by atoms with van der Waals surface area (Å²) in [6.45, 7) is 2.94. The molecule has 0 saturated heterocycles. The molecule has 0 fully saturated rings. The van der Waals surface area contributed by atoms with Gasteiger partial charge in [-0.15, -0.1) is 10.2 Å². The molecule has 0 amide bonds. The van der Waals surface area contributed by atoms with Crippen LogP contribution in [0.15, 0.2) is 22.7 Å². The topological polar surface area (TPSA) is 55.6 Å². The first-order valence-electron chi connectivity index (χ1n) is 6.50. The van der Waals surface area contributed by atoms with E-state index in [-0.39, 0.29) is 11.9 Å². The van der Waals surface area contributed by atoms with E-state index in [1.165, 1.54) is 16.9 Å². The molecule has 1 atom stereocenters. The summed E-state index contributed by atoms with van der Waals surface area (Å²) in [6, 6.07) is 4.86. The molecular formula is C13H17BrFN5. The molecule has 1 N–H and O–H groups in total. The van der Waals surface area contributed by atoms with Crippen LogP contribution in [0.4, 0.5) is 4.39 Å². The summed E-state index contributed by atoms with van der Waals surface area (Å²) in [5.41, 5.74) is 0.873. The van der Waals surface area contributed by atoms with Crippen molar-refractivity contribution in [3.05, 3.63) is 39.9 Å². The quantitative estimate of drug-likeness (QED) is 0.876. The van der Waals surface area contributed by atoms with Crippen molar-refractivity contribution >= 4 is 15.9 Å². The average Bonchev–Trinajstić information content (AvgIpc) is 2.79. The van der Waals surface area contributed by atoms with Gasteiger partial charge in [-0.3, -0.25) is 0 Å². The van der Waals surface area contributed by atoms with E-state index >= 15 is 0 Å². The molecule has 2 aromatic rings. The van der Waals surface area contributed by atoms with Crippen molar-refractivity contribution in [2.45, 2.75) is 25.8 Å². The molecule has 108 valence electrons. The van der Waals surface area contributed by atoms with Gasteiger partial charge in [0.2, 0.25) is 0 Å². The van der Waals surface area contributed by atoms with Crippen LogP contribution in [0.3, 0.4) is 0 Å². The molecule has 7 heteroatoms. The van der Waals surface area contributed by atoms with Gasteiger partial charge in [0.25, 0.3) is 0 Å². The smallest absolute Gasteiger partial charge is 0.176 e. The minimum atomic E-state index is -0.259. The van der Waals surface area contributed by atoms with Gasteiger partial charge in [-0.1, -0.05) is 22.9 Å². The second kappa shape index (κ2) is 6.90. The van der Waals surface area contributed by atoms with Gasteiger partial charge < -0.3 is 5.32 Å². The summed E-state index contributed by atoms with van der Waals surface area (Å²) >= 11 is 3.32. The molecule has 1 unspecified atom stereocenters. The maximum Gasteiger partial charge on any atom is 0.176 e. The third-order valence-corrected chi connectivity index (χ3v) is 3.32. The van der Waals surface area contributed by atoms with Crippen LogP contribution in [0, 0.1) is 5.82 Å². The van der Waals surface area contributed by atoms with Crippen LogP contribution in [0.2, 0.25) is 0 Å². The first-order valence-corrected chi connectivity index (χ1v) is 7.30. The molecule has 0 spiro atoms. The maximum atomic E-state index is 13.5. The number of halogens is 2. The van der Waals surface area contributed by atoms with E-state index in [1.54, 1.807) is 7.05 Å². The zero-order valence-electron chi connectivity index (χ0n) is 11.5. The van der Waals surface area contributed by atoms with Crippen LogP contribution in [-0.2, 0) is 13.5 Å². The summed E-state index contributed by atoms with van der Waals surface area (Å²) in [7, 11) is 1.73. The molecule has 1 aromatic carbocycles. The van der Waals surface area contributed by atoms with Crippen molar-refractivity contribution in [3.8, 4) is 0 Å². The molecule has 5 nitrogen and oxygen atoms in total. The van der Waals surface area contributed by atoms with Crippen LogP contribution >= 0.6 is 15.9 Å². The molecule has 1 heterocycles. The highest BCUT2D eigenvalue weighted by atomic mass is 79.9. The van der Waals surface area contributed by atoms with E-state index in [4.69, 9.17) is 0 Å². The molecule has 0 saturated carbocycles. The van der Waals surface area contributed by atoms with Gasteiger partial charge in [0, 0.05) is 16.9 Å². The predicted octanol–water partition coefficient (Wildman–Crippen LogP) is 2.40. The third-order valence-electron chi connectivity index (χ3n) is 2.86. The van der Waals surface area contributed by atoms with E-state index in [2.05, 4.69) is 43.6 Å². The Hall–Kier alpha value is -1.34. The Morgan fingerprint density at radius 1 is 1.40 bits per heavy atom. The van der Waals surface area contributed by atoms with E-state index < -0.39 is 0 Å². The standard InChI is InChI=1S/C13H17BrFN5/c1-3-4-16-12(8-13-17-19-20(2)18-13)9-5-10(14)7-11(15)6-9/h5-7,12,16H,3-4,8H2,1-2H3. The van der Waals surface area contributed by atoms with Crippen LogP contribution in [0.25, 0.3) is 0 Å². The number of nitrogens with one attached hydrogen (secondary N) is 1. The molecular weight excluding hydrogens is 325 g/mol. The molecule has 1 aromatic heterocycles. The summed E-state index contributed by atoms with van der Waals surface area (Å²) in [5.74, 6) is 0.381. The summed E-state index contributed by atoms with van der Waals surface area (Å²) in [5, 5.41) is 15.4. The van der Waals surface area contributed by atoms with Crippen molar-refractivity contribution in [1.82, 2.24) is 25.5 Å². The van der Waals surface area contributed by atoms with Crippen LogP contribution in [0.1, 0.15) is 30.8 Å². The fourth-order valence-corrected chi connectivity index (χ4v) is 2.47. The lowest BCUT2D eigenvalue weighted by Gasteiger charge is -2.18. The normalized spacial score (nSPS) is 12.6. The Bertz CT molecular complexity index is 551. The van der Waals surface area contributed by atoms with Crippen molar-refractivity contribution in [2.24, 2.45) is 7.05 Å². The molecule has 2 rings (SSSR count). The zero-order valence-corrected chi connectivity index (χ0v) is 13.1. The van der Waals surface area contributed by atoms with Gasteiger partial charge in [-0.05, 0) is 41.9 Å². The van der Waals surface area contributed by atoms with Crippen molar-refractivity contribution in [2.75, 3.05) is 6.54 Å². The van der Waals surface area contributed by atoms with E-state index in [1.807, 2.05) is 6.07 Å². The van der Waals surface area contributed by atoms with Crippen molar-refractivity contribution < 1.29 is 4.39 Å². The van der Waals surface area contributed by atoms with E-state index in [0.29, 0.717) is 12.2 Å². The minimum absolute atomic E-state index is 0.0360. The summed E-state index contributed by atoms with van der Waals surface area (Å²) < 4.78 is 14.3. The van der Waals surface area contributed by atoms with Crippen molar-refractivity contribution in [1.29, 1.82) is 0 Å². The maximum absolute atomic E-state index is 13.5. The lowest BCUT2D eigenvalue weighted by Crippen LogP contribution is -2.24. The lowest BCUT2D eigenvalue weighted by atomic mass is 10.0. The molecule has 0 aliphatic rings. The van der Waals surface area contributed by atoms with Crippen molar-refractivity contribution in [3.63, 3.8) is 0 Å². The first-order chi connectivity index (χ1) is 9.58. The lowest BCUT2D eigenvalue weighted by molar-refractivity contribution is 0.512. The van der Waals surface area contributed by atoms with Gasteiger partial charge in [0.1, 0.15) is 5.82 Å². The Balaban J connectivity index is 2.21. The van der Waals surface area contributed by atoms with Crippen LogP contribution in [0.5, 0.6) is 0 Å². The molecule has 20 heavy (non-hydrogen) atoms. The average molecular weight is 342 g/mol. The number of hydrogen-bond acceptors (Lipinski definition) is 4. The number of nitrogens with zero attached hydrogens (tertiary/aromatic N) is 4. The fourth-order valence-electron chi connectivity index (χ4n) is 1.99. The van der Waals surface area contributed by atoms with Crippen LogP contribution in [-0.4, -0.2) is 26.8 Å². The molecule has 0 aliphatic heterocycles. The van der Waals surface area contributed by atoms with E-state index in [9.17, 15) is 4.39 Å². The van der Waals surface area contributed by atoms with Gasteiger partial charge in [0.15, 0.2) is 5.82 Å². The zero-order chi connectivity index (χ0) is 14.5. The molecule has 0 bridgehead atoms. The molecule has 0 radical (unpaired) electrons. The molecule has 0 aliphatic carbocycles. The minimum Gasteiger partial charge on any atom is -0.310 e. The largest absolute Gasteiger partial charge is 0.310 e. The Labute approximate surface area is 125 Å². The van der Waals surface area contributed by atoms with Gasteiger partial charge in [-0.2, -0.15) is 4.80 Å². The number of aromatic nitrogens is 4. The number of rotatable bonds is 6. The predicted molar refractivity (Wildman–Crippen MR) is 77.6 cm³/mol. The SMILES string of the molecule is CCCNC(Cc1nnn(C)n1)c1cc(F)cc(Br)c1. The summed E-state index contributed by atoms with van der Waals surface area (Å²) in [4.78, 5) is 1.42. The Morgan fingerprint density at radius 2 is 2.20 bits per heavy atom. The fraction of sp³-hybridized carbons (Fsp3) is 0.462. The van der Waals surface area contributed by atoms with Crippen LogP contribution < -0.4 is 5.32 Å². The number of benzene rings is 1. The number of aryl methyl sites for hydroxylation is 1. The first kappa shape index (κ1) is 15.1. The monoisotopic (exact) mass is 341 g/mol. The Morgan fingerprint density at radius 3 is 2.80 bits per heavy atom. The number of tetrazole rings is 1. The highest BCUT2D eigenvalue weighted by molar-refractivity contribution is 9.10. The highest BCUT2D eigenvalue weighted by Crippen LogP contribution is 2.22. The van der Waals surface area contributed by atoms with E-state index in [0.717, 1.165) is 23.0 Å². The second-order valence-corrected chi connectivity index (χ2v) is 5.52. The van der Waals surface area contributed by atoms with Gasteiger partial charge >= 0.3 is 0 Å². The summed E-state index contributed by atoms with van der Waals surface area (Å²) in [6.07, 6.45) is 1.57. The van der Waals surface area contributed by atoms with Gasteiger partial charge in [-0.25, -0.2) is 4.39 Å². The number of hydrogen-bond donors (Lipinski definition) is 1.